The highest BCUT2D eigenvalue weighted by Crippen LogP contribution is 2.48. The Morgan fingerprint density at radius 3 is 0.398 bits per heavy atom. The largest absolute Gasteiger partial charge is 0.376 e. The number of rotatable bonds is 40. The molecule has 4 saturated carbocycles. The van der Waals surface area contributed by atoms with E-state index in [1.807, 2.05) is 0 Å². The highest BCUT2D eigenvalue weighted by molar-refractivity contribution is 5.12. The van der Waals surface area contributed by atoms with Crippen LogP contribution in [-0.2, 0) is 37.9 Å². The maximum absolute atomic E-state index is 6.93. The summed E-state index contributed by atoms with van der Waals surface area (Å²) in [7, 11) is 0. The normalized spacial score (nSPS) is 39.5. The second-order valence-corrected chi connectivity index (χ2v) is 27.6. The van der Waals surface area contributed by atoms with Gasteiger partial charge in [-0.05, 0) is 254 Å². The van der Waals surface area contributed by atoms with Crippen LogP contribution in [0.5, 0.6) is 0 Å². The standard InChI is InChI=1S/C64H128N16O8/c65-17-1-9-25-81-49-33-41-42(34-50(49)82-26-10-2-18-66)58-73-57(41)77-59-43-35-51(83-27-11-3-19-67)52(84-28-12-4-20-68)36-44(43)61(74-59)79-63-47-39-55(87-31-15-7-23-71)56(88-32-16-8-24-72)40-48(47)64(76-63)80-62-46-38-54(86-30-14-6-22-70)53(85-29-13-5-21-69)37-45(46)60(75-62)78-58/h41-64,73-80H,1-40,65-72H2. The summed E-state index contributed by atoms with van der Waals surface area (Å²) in [6, 6.07) is 0. The first kappa shape index (κ1) is 71.3. The topological polar surface area (TPSA) is 378 Å². The van der Waals surface area contributed by atoms with Gasteiger partial charge in [-0.15, -0.1) is 0 Å². The van der Waals surface area contributed by atoms with Gasteiger partial charge in [0.1, 0.15) is 0 Å². The molecule has 0 aromatic carbocycles. The molecule has 8 bridgehead atoms. The molecule has 0 spiro atoms. The molecule has 16 unspecified atom stereocenters. The Balaban J connectivity index is 1.09. The van der Waals surface area contributed by atoms with E-state index < -0.39 is 0 Å². The van der Waals surface area contributed by atoms with E-state index in [9.17, 15) is 0 Å². The van der Waals surface area contributed by atoms with Gasteiger partial charge in [0.05, 0.1) is 98.2 Å². The molecule has 0 aromatic heterocycles. The van der Waals surface area contributed by atoms with Crippen molar-refractivity contribution in [3.05, 3.63) is 0 Å². The molecule has 9 aliphatic rings. The maximum atomic E-state index is 6.93. The first-order chi connectivity index (χ1) is 43.3. The maximum Gasteiger partial charge on any atom is 0.0840 e. The fourth-order valence-corrected chi connectivity index (χ4v) is 17.0. The Morgan fingerprint density at radius 1 is 0.182 bits per heavy atom. The Morgan fingerprint density at radius 2 is 0.295 bits per heavy atom. The van der Waals surface area contributed by atoms with Crippen molar-refractivity contribution >= 4 is 0 Å². The van der Waals surface area contributed by atoms with E-state index in [1.54, 1.807) is 0 Å². The van der Waals surface area contributed by atoms with Gasteiger partial charge in [-0.2, -0.15) is 0 Å². The van der Waals surface area contributed by atoms with E-state index in [0.717, 1.165) is 154 Å². The number of ether oxygens (including phenoxy) is 8. The third-order valence-corrected chi connectivity index (χ3v) is 21.6. The SMILES string of the molecule is NCCCCOC1CC2C3NC(NC4NC(NC5NC(NC6NC(N3)C3CC(OCCCCN)C(OCCCCN)CC63)C3CC(OCCCCN)C(OCCCCN)CC53)C3CC(OCCCCN)C(OCCCCN)CC43)C2CC1OCCCCN. The lowest BCUT2D eigenvalue weighted by Gasteiger charge is -2.43. The van der Waals surface area contributed by atoms with Crippen molar-refractivity contribution in [3.63, 3.8) is 0 Å². The van der Waals surface area contributed by atoms with Crippen LogP contribution in [-0.4, -0.2) is 203 Å². The minimum Gasteiger partial charge on any atom is -0.376 e. The van der Waals surface area contributed by atoms with E-state index in [1.165, 1.54) is 0 Å². The summed E-state index contributed by atoms with van der Waals surface area (Å²) in [5.74, 6) is 1.92. The lowest BCUT2D eigenvalue weighted by atomic mass is 9.73. The predicted molar refractivity (Wildman–Crippen MR) is 344 cm³/mol. The quantitative estimate of drug-likeness (QED) is 0.0371. The summed E-state index contributed by atoms with van der Waals surface area (Å²) < 4.78 is 55.5. The van der Waals surface area contributed by atoms with E-state index in [0.29, 0.717) is 105 Å². The van der Waals surface area contributed by atoms with E-state index in [2.05, 4.69) is 42.5 Å². The summed E-state index contributed by atoms with van der Waals surface area (Å²) in [5, 5.41) is 34.8. The zero-order chi connectivity index (χ0) is 61.5. The van der Waals surface area contributed by atoms with E-state index in [4.69, 9.17) is 83.8 Å². The van der Waals surface area contributed by atoms with Crippen LogP contribution >= 0.6 is 0 Å². The highest BCUT2D eigenvalue weighted by Gasteiger charge is 2.59. The van der Waals surface area contributed by atoms with Gasteiger partial charge in [-0.1, -0.05) is 0 Å². The zero-order valence-electron chi connectivity index (χ0n) is 54.0. The number of fused-ring (bicyclic) bond motifs is 20. The molecule has 5 aliphatic heterocycles. The van der Waals surface area contributed by atoms with Crippen LogP contribution in [0.1, 0.15) is 154 Å². The van der Waals surface area contributed by atoms with Crippen molar-refractivity contribution in [2.24, 2.45) is 93.2 Å². The minimum atomic E-state index is -0.0536. The molecule has 0 amide bonds. The number of hydrogen-bond acceptors (Lipinski definition) is 24. The summed E-state index contributed by atoms with van der Waals surface area (Å²) in [5.41, 5.74) is 48.2. The van der Waals surface area contributed by atoms with Gasteiger partial charge in [-0.3, -0.25) is 42.5 Å². The van der Waals surface area contributed by atoms with E-state index in [-0.39, 0.29) is 146 Å². The fourth-order valence-electron chi connectivity index (χ4n) is 17.0. The van der Waals surface area contributed by atoms with Crippen molar-refractivity contribution in [3.8, 4) is 0 Å². The van der Waals surface area contributed by atoms with Gasteiger partial charge in [0.15, 0.2) is 0 Å². The van der Waals surface area contributed by atoms with Gasteiger partial charge < -0.3 is 83.8 Å². The Bertz CT molecular complexity index is 1510. The van der Waals surface area contributed by atoms with Crippen LogP contribution in [0.2, 0.25) is 0 Å². The zero-order valence-corrected chi connectivity index (χ0v) is 54.0. The highest BCUT2D eigenvalue weighted by atomic mass is 16.6. The van der Waals surface area contributed by atoms with Gasteiger partial charge in [0, 0.05) is 52.9 Å². The van der Waals surface area contributed by atoms with Crippen molar-refractivity contribution in [1.29, 1.82) is 0 Å². The number of nitrogens with two attached hydrogens (primary N) is 8. The van der Waals surface area contributed by atoms with Crippen LogP contribution in [0.25, 0.3) is 0 Å². The van der Waals surface area contributed by atoms with Crippen molar-refractivity contribution < 1.29 is 37.9 Å². The van der Waals surface area contributed by atoms with Crippen LogP contribution in [0.4, 0.5) is 0 Å². The lowest BCUT2D eigenvalue weighted by molar-refractivity contribution is -0.122. The van der Waals surface area contributed by atoms with E-state index >= 15 is 0 Å². The number of nitrogens with one attached hydrogen (secondary N) is 8. The molecule has 24 nitrogen and oxygen atoms in total. The molecule has 0 aromatic rings. The van der Waals surface area contributed by atoms with Gasteiger partial charge in [0.2, 0.25) is 0 Å². The second kappa shape index (κ2) is 38.6. The first-order valence-corrected chi connectivity index (χ1v) is 35.9. The average molecular weight is 1250 g/mol. The predicted octanol–water partition coefficient (Wildman–Crippen LogP) is 0.478. The molecule has 88 heavy (non-hydrogen) atoms. The van der Waals surface area contributed by atoms with Crippen molar-refractivity contribution in [2.75, 3.05) is 105 Å². The second-order valence-electron chi connectivity index (χ2n) is 27.6. The summed E-state index contributed by atoms with van der Waals surface area (Å²) >= 11 is 0. The lowest BCUT2D eigenvalue weighted by Crippen LogP contribution is -2.61. The van der Waals surface area contributed by atoms with Crippen LogP contribution in [0.3, 0.4) is 0 Å². The van der Waals surface area contributed by atoms with Gasteiger partial charge in [-0.25, -0.2) is 0 Å². The molecule has 4 aliphatic carbocycles. The molecule has 24 N–H and O–H groups in total. The Labute approximate surface area is 529 Å². The minimum absolute atomic E-state index is 0.0344. The Hall–Kier alpha value is -0.960. The number of unbranched alkanes of at least 4 members (excludes halogenated alkanes) is 8. The van der Waals surface area contributed by atoms with Crippen LogP contribution < -0.4 is 88.4 Å². The summed E-state index contributed by atoms with van der Waals surface area (Å²) in [6.45, 7) is 10.5. The molecule has 5 heterocycles. The monoisotopic (exact) mass is 1250 g/mol. The smallest absolute Gasteiger partial charge is 0.0840 e. The average Bonchev–Trinajstić information content (AvgIpc) is 2.01. The van der Waals surface area contributed by atoms with Crippen molar-refractivity contribution in [1.82, 2.24) is 42.5 Å². The molecule has 9 fully saturated rings. The molecule has 0 radical (unpaired) electrons. The van der Waals surface area contributed by atoms with Crippen molar-refractivity contribution in [2.45, 2.75) is 252 Å². The van der Waals surface area contributed by atoms with Crippen LogP contribution in [0.15, 0.2) is 0 Å². The fraction of sp³-hybridized carbons (Fsp3) is 1.00. The third kappa shape index (κ3) is 19.6. The molecule has 9 rings (SSSR count). The third-order valence-electron chi connectivity index (χ3n) is 21.6. The molecule has 5 saturated heterocycles. The molecule has 16 atom stereocenters. The first-order valence-electron chi connectivity index (χ1n) is 35.9. The van der Waals surface area contributed by atoms with Gasteiger partial charge >= 0.3 is 0 Å². The molecule has 24 heteroatoms. The number of hydrogen-bond donors (Lipinski definition) is 16. The molecule has 512 valence electrons. The summed E-state index contributed by atoms with van der Waals surface area (Å²) in [4.78, 5) is 0. The van der Waals surface area contributed by atoms with Crippen LogP contribution in [0, 0.1) is 47.3 Å². The van der Waals surface area contributed by atoms with Gasteiger partial charge in [0.25, 0.3) is 0 Å². The molecular formula is C64H128N16O8. The molecular weight excluding hydrogens is 1120 g/mol. The summed E-state index contributed by atoms with van der Waals surface area (Å²) in [6.07, 6.45) is 21.1. The Kier molecular flexibility index (Phi) is 31.3.